The van der Waals surface area contributed by atoms with Crippen LogP contribution in [0.4, 0.5) is 5.69 Å². The molecule has 5 heteroatoms. The molecule has 3 rings (SSSR count). The average molecular weight is 354 g/mol. The third-order valence-electron chi connectivity index (χ3n) is 4.95. The molecule has 1 fully saturated rings. The second-order valence-electron chi connectivity index (χ2n) is 6.35. The molecule has 0 N–H and O–H groups in total. The Labute approximate surface area is 155 Å². The number of benzene rings is 2. The Balaban J connectivity index is 2.07. The van der Waals surface area contributed by atoms with Gasteiger partial charge in [0.15, 0.2) is 0 Å². The molecule has 1 saturated heterocycles. The van der Waals surface area contributed by atoms with Crippen LogP contribution in [0, 0.1) is 0 Å². The van der Waals surface area contributed by atoms with Crippen LogP contribution in [0.3, 0.4) is 0 Å². The second kappa shape index (κ2) is 8.23. The third-order valence-corrected chi connectivity index (χ3v) is 4.95. The summed E-state index contributed by atoms with van der Waals surface area (Å²) in [5.74, 6) is 0.173. The first kappa shape index (κ1) is 18.3. The average Bonchev–Trinajstić information content (AvgIpc) is 2.72. The molecule has 1 aliphatic heterocycles. The van der Waals surface area contributed by atoms with Gasteiger partial charge in [0, 0.05) is 37.4 Å². The van der Waals surface area contributed by atoms with Crippen LogP contribution in [0.5, 0.6) is 5.75 Å². The maximum Gasteiger partial charge on any atom is 0.341 e. The van der Waals surface area contributed by atoms with Crippen molar-refractivity contribution in [2.45, 2.75) is 6.92 Å². The zero-order valence-electron chi connectivity index (χ0n) is 15.7. The first-order valence-electron chi connectivity index (χ1n) is 9.01. The Hall–Kier alpha value is -2.53. The summed E-state index contributed by atoms with van der Waals surface area (Å²) < 4.78 is 10.6. The summed E-state index contributed by atoms with van der Waals surface area (Å²) in [6.07, 6.45) is 0. The van der Waals surface area contributed by atoms with Crippen molar-refractivity contribution in [2.24, 2.45) is 0 Å². The zero-order chi connectivity index (χ0) is 18.5. The molecule has 0 spiro atoms. The molecule has 0 bridgehead atoms. The molecule has 2 aromatic rings. The topological polar surface area (TPSA) is 42.0 Å². The van der Waals surface area contributed by atoms with Gasteiger partial charge in [-0.15, -0.1) is 0 Å². The number of likely N-dealkylation sites (N-methyl/N-ethyl adjacent to an activating group) is 1. The summed E-state index contributed by atoms with van der Waals surface area (Å²) in [5.41, 5.74) is 3.41. The number of nitrogens with zero attached hydrogens (tertiary/aromatic N) is 2. The molecule has 0 unspecified atom stereocenters. The zero-order valence-corrected chi connectivity index (χ0v) is 15.7. The van der Waals surface area contributed by atoms with E-state index in [-0.39, 0.29) is 5.97 Å². The number of methoxy groups -OCH3 is 2. The van der Waals surface area contributed by atoms with E-state index < -0.39 is 0 Å². The number of piperazine rings is 1. The van der Waals surface area contributed by atoms with Crippen LogP contribution in [-0.2, 0) is 4.74 Å². The Morgan fingerprint density at radius 1 is 1.04 bits per heavy atom. The minimum atomic E-state index is -0.381. The molecular weight excluding hydrogens is 328 g/mol. The quantitative estimate of drug-likeness (QED) is 0.771. The van der Waals surface area contributed by atoms with Crippen molar-refractivity contribution in [2.75, 3.05) is 51.8 Å². The summed E-state index contributed by atoms with van der Waals surface area (Å²) in [7, 11) is 2.99. The van der Waals surface area contributed by atoms with Crippen LogP contribution >= 0.6 is 0 Å². The van der Waals surface area contributed by atoms with Crippen molar-refractivity contribution in [1.82, 2.24) is 4.90 Å². The van der Waals surface area contributed by atoms with Crippen LogP contribution in [0.15, 0.2) is 42.5 Å². The van der Waals surface area contributed by atoms with Gasteiger partial charge in [-0.3, -0.25) is 0 Å². The maximum atomic E-state index is 12.4. The molecule has 0 saturated carbocycles. The van der Waals surface area contributed by atoms with Gasteiger partial charge < -0.3 is 19.3 Å². The molecule has 0 radical (unpaired) electrons. The molecule has 5 nitrogen and oxygen atoms in total. The third kappa shape index (κ3) is 3.68. The molecule has 138 valence electrons. The van der Waals surface area contributed by atoms with E-state index in [9.17, 15) is 4.79 Å². The van der Waals surface area contributed by atoms with E-state index in [1.54, 1.807) is 7.11 Å². The summed E-state index contributed by atoms with van der Waals surface area (Å²) >= 11 is 0. The van der Waals surface area contributed by atoms with Crippen molar-refractivity contribution in [3.8, 4) is 16.9 Å². The van der Waals surface area contributed by atoms with Gasteiger partial charge in [0.05, 0.1) is 14.2 Å². The Kier molecular flexibility index (Phi) is 5.78. The second-order valence-corrected chi connectivity index (χ2v) is 6.35. The molecule has 1 heterocycles. The van der Waals surface area contributed by atoms with Gasteiger partial charge in [0.25, 0.3) is 0 Å². The molecule has 1 aliphatic rings. The minimum Gasteiger partial charge on any atom is -0.495 e. The van der Waals surface area contributed by atoms with Gasteiger partial charge in [-0.05, 0) is 24.2 Å². The number of rotatable bonds is 5. The van der Waals surface area contributed by atoms with Crippen molar-refractivity contribution in [3.05, 3.63) is 48.0 Å². The predicted octanol–water partition coefficient (Wildman–Crippen LogP) is 3.29. The SMILES string of the molecule is CCN1CCN(c2cc(C(=O)OC)c(OC)c(-c3ccccc3)c2)CC1. The van der Waals surface area contributed by atoms with Gasteiger partial charge in [0.2, 0.25) is 0 Å². The molecule has 0 amide bonds. The van der Waals surface area contributed by atoms with Crippen LogP contribution < -0.4 is 9.64 Å². The number of hydrogen-bond donors (Lipinski definition) is 0. The summed E-state index contributed by atoms with van der Waals surface area (Å²) in [4.78, 5) is 17.1. The van der Waals surface area contributed by atoms with Gasteiger partial charge >= 0.3 is 5.97 Å². The van der Waals surface area contributed by atoms with Crippen LogP contribution in [-0.4, -0.2) is 57.8 Å². The molecule has 0 atom stereocenters. The summed E-state index contributed by atoms with van der Waals surface area (Å²) in [5, 5.41) is 0. The smallest absolute Gasteiger partial charge is 0.341 e. The number of esters is 1. The Bertz CT molecular complexity index is 753. The predicted molar refractivity (Wildman–Crippen MR) is 104 cm³/mol. The first-order valence-corrected chi connectivity index (χ1v) is 9.01. The van der Waals surface area contributed by atoms with Gasteiger partial charge in [-0.2, -0.15) is 0 Å². The van der Waals surface area contributed by atoms with Crippen molar-refractivity contribution < 1.29 is 14.3 Å². The number of hydrogen-bond acceptors (Lipinski definition) is 5. The van der Waals surface area contributed by atoms with Crippen LogP contribution in [0.1, 0.15) is 17.3 Å². The van der Waals surface area contributed by atoms with Gasteiger partial charge in [0.1, 0.15) is 11.3 Å². The monoisotopic (exact) mass is 354 g/mol. The van der Waals surface area contributed by atoms with Crippen molar-refractivity contribution in [1.29, 1.82) is 0 Å². The summed E-state index contributed by atoms with van der Waals surface area (Å²) in [6, 6.07) is 14.0. The summed E-state index contributed by atoms with van der Waals surface area (Å²) in [6.45, 7) is 7.18. The van der Waals surface area contributed by atoms with Gasteiger partial charge in [-0.25, -0.2) is 4.79 Å². The lowest BCUT2D eigenvalue weighted by Gasteiger charge is -2.36. The fraction of sp³-hybridized carbons (Fsp3) is 0.381. The lowest BCUT2D eigenvalue weighted by molar-refractivity contribution is 0.0597. The highest BCUT2D eigenvalue weighted by atomic mass is 16.5. The van der Waals surface area contributed by atoms with Gasteiger partial charge in [-0.1, -0.05) is 37.3 Å². The molecule has 2 aromatic carbocycles. The number of anilines is 1. The van der Waals surface area contributed by atoms with Crippen molar-refractivity contribution in [3.63, 3.8) is 0 Å². The number of carbonyl (C=O) groups excluding carboxylic acids is 1. The number of carbonyl (C=O) groups is 1. The fourth-order valence-electron chi connectivity index (χ4n) is 3.43. The molecule has 26 heavy (non-hydrogen) atoms. The van der Waals surface area contributed by atoms with E-state index in [2.05, 4.69) is 22.8 Å². The Morgan fingerprint density at radius 3 is 2.31 bits per heavy atom. The lowest BCUT2D eigenvalue weighted by Crippen LogP contribution is -2.46. The number of ether oxygens (including phenoxy) is 2. The highest BCUT2D eigenvalue weighted by Gasteiger charge is 2.23. The first-order chi connectivity index (χ1) is 12.7. The van der Waals surface area contributed by atoms with E-state index in [4.69, 9.17) is 9.47 Å². The van der Waals surface area contributed by atoms with Crippen LogP contribution in [0.25, 0.3) is 11.1 Å². The lowest BCUT2D eigenvalue weighted by atomic mass is 9.99. The molecule has 0 aromatic heterocycles. The fourth-order valence-corrected chi connectivity index (χ4v) is 3.43. The molecule has 0 aliphatic carbocycles. The van der Waals surface area contributed by atoms with Crippen LogP contribution in [0.2, 0.25) is 0 Å². The standard InChI is InChI=1S/C21H26N2O3/c1-4-22-10-12-23(13-11-22)17-14-18(16-8-6-5-7-9-16)20(25-2)19(15-17)21(24)26-3/h5-9,14-15H,4,10-13H2,1-3H3. The van der Waals surface area contributed by atoms with E-state index >= 15 is 0 Å². The largest absolute Gasteiger partial charge is 0.495 e. The minimum absolute atomic E-state index is 0.381. The van der Waals surface area contributed by atoms with E-state index in [1.807, 2.05) is 36.4 Å². The molecular formula is C21H26N2O3. The van der Waals surface area contributed by atoms with E-state index in [1.165, 1.54) is 7.11 Å². The van der Waals surface area contributed by atoms with E-state index in [0.717, 1.165) is 49.5 Å². The highest BCUT2D eigenvalue weighted by molar-refractivity contribution is 5.97. The highest BCUT2D eigenvalue weighted by Crippen LogP contribution is 2.38. The normalized spacial score (nSPS) is 15.0. The van der Waals surface area contributed by atoms with Crippen molar-refractivity contribution >= 4 is 11.7 Å². The Morgan fingerprint density at radius 2 is 1.73 bits per heavy atom. The van der Waals surface area contributed by atoms with E-state index in [0.29, 0.717) is 11.3 Å². The maximum absolute atomic E-state index is 12.4.